The van der Waals surface area contributed by atoms with Crippen molar-refractivity contribution in [3.05, 3.63) is 84.2 Å². The summed E-state index contributed by atoms with van der Waals surface area (Å²) in [6.07, 6.45) is 0.645. The number of nitrogens with two attached hydrogens (primary N) is 1. The molecular formula is C21H20N4OS. The van der Waals surface area contributed by atoms with Gasteiger partial charge in [-0.05, 0) is 28.5 Å². The summed E-state index contributed by atoms with van der Waals surface area (Å²) in [5, 5.41) is 11.6. The summed E-state index contributed by atoms with van der Waals surface area (Å²) in [5.41, 5.74) is 1.19. The lowest BCUT2D eigenvalue weighted by Gasteiger charge is -2.07. The van der Waals surface area contributed by atoms with Crippen molar-refractivity contribution in [3.8, 4) is 5.75 Å². The molecule has 0 amide bonds. The summed E-state index contributed by atoms with van der Waals surface area (Å²) >= 11 is 1.54. The summed E-state index contributed by atoms with van der Waals surface area (Å²) in [6, 6.07) is 24.4. The molecule has 1 heterocycles. The van der Waals surface area contributed by atoms with Crippen molar-refractivity contribution in [2.75, 3.05) is 18.2 Å². The first-order chi connectivity index (χ1) is 13.3. The summed E-state index contributed by atoms with van der Waals surface area (Å²) in [4.78, 5) is 0. The summed E-state index contributed by atoms with van der Waals surface area (Å²) in [7, 11) is 0. The minimum Gasteiger partial charge on any atom is -0.493 e. The molecule has 0 aliphatic heterocycles. The number of nitrogen functional groups attached to an aromatic ring is 1. The third-order valence-corrected chi connectivity index (χ3v) is 5.20. The number of benzene rings is 3. The topological polar surface area (TPSA) is 66.0 Å². The van der Waals surface area contributed by atoms with Crippen molar-refractivity contribution >= 4 is 22.5 Å². The molecule has 0 radical (unpaired) electrons. The van der Waals surface area contributed by atoms with E-state index in [9.17, 15) is 0 Å². The number of hydrogen-bond donors (Lipinski definition) is 1. The lowest BCUT2D eigenvalue weighted by Crippen LogP contribution is -2.15. The van der Waals surface area contributed by atoms with Crippen LogP contribution in [0.3, 0.4) is 0 Å². The molecule has 0 saturated carbocycles. The maximum atomic E-state index is 6.22. The Morgan fingerprint density at radius 3 is 2.56 bits per heavy atom. The van der Waals surface area contributed by atoms with Gasteiger partial charge in [0.2, 0.25) is 5.16 Å². The van der Waals surface area contributed by atoms with Crippen LogP contribution in [0.25, 0.3) is 10.8 Å². The molecule has 27 heavy (non-hydrogen) atoms. The van der Waals surface area contributed by atoms with Gasteiger partial charge in [-0.1, -0.05) is 72.4 Å². The first-order valence-corrected chi connectivity index (χ1v) is 9.76. The van der Waals surface area contributed by atoms with Gasteiger partial charge in [-0.15, -0.1) is 10.2 Å². The Labute approximate surface area is 162 Å². The predicted octanol–water partition coefficient (Wildman–Crippen LogP) is 3.91. The van der Waals surface area contributed by atoms with E-state index < -0.39 is 0 Å². The maximum Gasteiger partial charge on any atom is 0.209 e. The fourth-order valence-electron chi connectivity index (χ4n) is 2.95. The molecule has 0 bridgehead atoms. The minimum atomic E-state index is 0.584. The van der Waals surface area contributed by atoms with Crippen molar-refractivity contribution in [3.63, 3.8) is 0 Å². The number of aromatic nitrogens is 3. The average molecular weight is 376 g/mol. The third-order valence-electron chi connectivity index (χ3n) is 4.29. The zero-order valence-corrected chi connectivity index (χ0v) is 15.6. The Balaban J connectivity index is 1.40. The van der Waals surface area contributed by atoms with Crippen LogP contribution in [0.15, 0.2) is 78.0 Å². The van der Waals surface area contributed by atoms with Gasteiger partial charge in [0.1, 0.15) is 5.75 Å². The van der Waals surface area contributed by atoms with Gasteiger partial charge in [-0.3, -0.25) is 0 Å². The van der Waals surface area contributed by atoms with Crippen LogP contribution in [0.4, 0.5) is 0 Å². The van der Waals surface area contributed by atoms with E-state index in [0.29, 0.717) is 18.2 Å². The zero-order valence-electron chi connectivity index (χ0n) is 14.8. The predicted molar refractivity (Wildman–Crippen MR) is 110 cm³/mol. The second-order valence-corrected chi connectivity index (χ2v) is 7.16. The van der Waals surface area contributed by atoms with E-state index in [1.165, 1.54) is 16.3 Å². The fourth-order valence-corrected chi connectivity index (χ4v) is 3.64. The van der Waals surface area contributed by atoms with Crippen molar-refractivity contribution in [1.82, 2.24) is 14.9 Å². The number of nitrogens with zero attached hydrogens (tertiary/aromatic N) is 3. The molecule has 6 heteroatoms. The Bertz CT molecular complexity index is 1030. The van der Waals surface area contributed by atoms with Crippen LogP contribution in [-0.2, 0) is 6.42 Å². The summed E-state index contributed by atoms with van der Waals surface area (Å²) in [6.45, 7) is 0.584. The Morgan fingerprint density at radius 2 is 1.67 bits per heavy atom. The SMILES string of the molecule is Nn1c(Cc2cccc3ccccc23)nnc1SCCOc1ccccc1. The molecule has 3 aromatic carbocycles. The number of para-hydroxylation sites is 1. The second-order valence-electron chi connectivity index (χ2n) is 6.09. The molecule has 0 spiro atoms. The highest BCUT2D eigenvalue weighted by Crippen LogP contribution is 2.22. The quantitative estimate of drug-likeness (QED) is 0.301. The first-order valence-electron chi connectivity index (χ1n) is 8.78. The molecule has 1 aromatic heterocycles. The van der Waals surface area contributed by atoms with E-state index in [4.69, 9.17) is 10.6 Å². The molecule has 0 aliphatic rings. The van der Waals surface area contributed by atoms with E-state index in [-0.39, 0.29) is 0 Å². The lowest BCUT2D eigenvalue weighted by molar-refractivity contribution is 0.344. The number of thioether (sulfide) groups is 1. The molecular weight excluding hydrogens is 356 g/mol. The zero-order chi connectivity index (χ0) is 18.5. The van der Waals surface area contributed by atoms with Gasteiger partial charge in [0.15, 0.2) is 5.82 Å². The molecule has 0 unspecified atom stereocenters. The Kier molecular flexibility index (Phi) is 5.25. The van der Waals surface area contributed by atoms with Crippen LogP contribution in [0.1, 0.15) is 11.4 Å². The van der Waals surface area contributed by atoms with Crippen LogP contribution in [0.5, 0.6) is 5.75 Å². The van der Waals surface area contributed by atoms with E-state index in [2.05, 4.69) is 40.5 Å². The van der Waals surface area contributed by atoms with Gasteiger partial charge in [-0.25, -0.2) is 4.68 Å². The van der Waals surface area contributed by atoms with Crippen LogP contribution in [0, 0.1) is 0 Å². The van der Waals surface area contributed by atoms with Crippen molar-refractivity contribution < 1.29 is 4.74 Å². The van der Waals surface area contributed by atoms with Crippen molar-refractivity contribution in [1.29, 1.82) is 0 Å². The van der Waals surface area contributed by atoms with Crippen LogP contribution in [-0.4, -0.2) is 27.2 Å². The molecule has 0 atom stereocenters. The highest BCUT2D eigenvalue weighted by molar-refractivity contribution is 7.99. The molecule has 4 aromatic rings. The third kappa shape index (κ3) is 4.06. The van der Waals surface area contributed by atoms with Crippen LogP contribution in [0.2, 0.25) is 0 Å². The van der Waals surface area contributed by atoms with Gasteiger partial charge in [0, 0.05) is 12.2 Å². The van der Waals surface area contributed by atoms with Crippen molar-refractivity contribution in [2.24, 2.45) is 0 Å². The summed E-state index contributed by atoms with van der Waals surface area (Å²) < 4.78 is 7.28. The number of rotatable bonds is 7. The number of hydrogen-bond acceptors (Lipinski definition) is 5. The van der Waals surface area contributed by atoms with Gasteiger partial charge < -0.3 is 10.6 Å². The van der Waals surface area contributed by atoms with E-state index >= 15 is 0 Å². The lowest BCUT2D eigenvalue weighted by atomic mass is 10.0. The monoisotopic (exact) mass is 376 g/mol. The normalized spacial score (nSPS) is 11.0. The molecule has 0 aliphatic carbocycles. The van der Waals surface area contributed by atoms with Crippen molar-refractivity contribution in [2.45, 2.75) is 11.6 Å². The van der Waals surface area contributed by atoms with Gasteiger partial charge in [-0.2, -0.15) is 0 Å². The molecule has 136 valence electrons. The van der Waals surface area contributed by atoms with Gasteiger partial charge in [0.25, 0.3) is 0 Å². The van der Waals surface area contributed by atoms with Gasteiger partial charge >= 0.3 is 0 Å². The van der Waals surface area contributed by atoms with E-state index in [1.54, 1.807) is 16.4 Å². The largest absolute Gasteiger partial charge is 0.493 e. The number of ether oxygens (including phenoxy) is 1. The molecule has 5 nitrogen and oxygen atoms in total. The fraction of sp³-hybridized carbons (Fsp3) is 0.143. The Hall–Kier alpha value is -2.99. The van der Waals surface area contributed by atoms with Crippen LogP contribution >= 0.6 is 11.8 Å². The van der Waals surface area contributed by atoms with E-state index in [0.717, 1.165) is 17.3 Å². The first kappa shape index (κ1) is 17.4. The van der Waals surface area contributed by atoms with E-state index in [1.807, 2.05) is 42.5 Å². The number of fused-ring (bicyclic) bond motifs is 1. The smallest absolute Gasteiger partial charge is 0.209 e. The molecule has 4 rings (SSSR count). The van der Waals surface area contributed by atoms with Gasteiger partial charge in [0.05, 0.1) is 6.61 Å². The summed E-state index contributed by atoms with van der Waals surface area (Å²) in [5.74, 6) is 8.58. The molecule has 2 N–H and O–H groups in total. The van der Waals surface area contributed by atoms with Crippen LogP contribution < -0.4 is 10.6 Å². The average Bonchev–Trinajstić information content (AvgIpc) is 3.06. The molecule has 0 fully saturated rings. The molecule has 0 saturated heterocycles. The standard InChI is InChI=1S/C21H20N4OS/c22-25-20(15-17-9-6-8-16-7-4-5-12-19(16)17)23-24-21(25)27-14-13-26-18-10-2-1-3-11-18/h1-12H,13-15,22H2. The highest BCUT2D eigenvalue weighted by Gasteiger charge is 2.12. The minimum absolute atomic E-state index is 0.584. The second kappa shape index (κ2) is 8.14. The maximum absolute atomic E-state index is 6.22. The highest BCUT2D eigenvalue weighted by atomic mass is 32.2. The Morgan fingerprint density at radius 1 is 0.889 bits per heavy atom.